The van der Waals surface area contributed by atoms with Gasteiger partial charge in [0, 0.05) is 10.5 Å². The second kappa shape index (κ2) is 7.92. The summed E-state index contributed by atoms with van der Waals surface area (Å²) in [7, 11) is 0. The third-order valence-electron chi connectivity index (χ3n) is 3.21. The van der Waals surface area contributed by atoms with Gasteiger partial charge in [-0.2, -0.15) is 0 Å². The molecule has 1 aromatic heterocycles. The average molecular weight is 372 g/mol. The number of thiophene rings is 1. The first-order valence-electron chi connectivity index (χ1n) is 6.99. The molecule has 0 aliphatic rings. The van der Waals surface area contributed by atoms with Gasteiger partial charge in [0.05, 0.1) is 4.88 Å². The zero-order valence-corrected chi connectivity index (χ0v) is 14.6. The zero-order valence-electron chi connectivity index (χ0n) is 12.2. The smallest absolute Gasteiger partial charge is 0.165 e. The summed E-state index contributed by atoms with van der Waals surface area (Å²) in [4.78, 5) is 1.05. The number of halogens is 2. The van der Waals surface area contributed by atoms with Gasteiger partial charge in [0.1, 0.15) is 6.61 Å². The number of ether oxygens (including phenoxy) is 1. The fourth-order valence-corrected chi connectivity index (χ4v) is 3.33. The van der Waals surface area contributed by atoms with E-state index >= 15 is 0 Å². The van der Waals surface area contributed by atoms with Crippen LogP contribution in [-0.2, 0) is 6.61 Å². The zero-order chi connectivity index (χ0) is 15.2. The summed E-state index contributed by atoms with van der Waals surface area (Å²) in [6, 6.07) is 7.27. The van der Waals surface area contributed by atoms with Crippen LogP contribution in [0.15, 0.2) is 34.1 Å². The van der Waals surface area contributed by atoms with E-state index in [9.17, 15) is 4.39 Å². The van der Waals surface area contributed by atoms with E-state index < -0.39 is 0 Å². The fraction of sp³-hybridized carbons (Fsp3) is 0.375. The molecule has 0 aliphatic heterocycles. The number of benzene rings is 1. The van der Waals surface area contributed by atoms with Crippen LogP contribution in [0.5, 0.6) is 5.75 Å². The van der Waals surface area contributed by atoms with Crippen molar-refractivity contribution in [2.24, 2.45) is 0 Å². The van der Waals surface area contributed by atoms with Crippen LogP contribution >= 0.6 is 27.3 Å². The van der Waals surface area contributed by atoms with Crippen molar-refractivity contribution in [2.75, 3.05) is 6.54 Å². The lowest BCUT2D eigenvalue weighted by atomic mass is 10.1. The number of nitrogens with one attached hydrogen (secondary N) is 1. The molecule has 2 aromatic rings. The van der Waals surface area contributed by atoms with E-state index in [0.717, 1.165) is 27.9 Å². The lowest BCUT2D eigenvalue weighted by Crippen LogP contribution is -2.19. The third-order valence-corrected chi connectivity index (χ3v) is 5.11. The Bertz CT molecular complexity index is 587. The van der Waals surface area contributed by atoms with Crippen molar-refractivity contribution in [2.45, 2.75) is 32.9 Å². The molecular formula is C16H19BrFNOS. The van der Waals surface area contributed by atoms with E-state index in [2.05, 4.69) is 28.2 Å². The van der Waals surface area contributed by atoms with Crippen LogP contribution in [-0.4, -0.2) is 6.54 Å². The highest BCUT2D eigenvalue weighted by atomic mass is 79.9. The fourth-order valence-electron chi connectivity index (χ4n) is 1.95. The highest BCUT2D eigenvalue weighted by molar-refractivity contribution is 9.10. The highest BCUT2D eigenvalue weighted by Gasteiger charge is 2.10. The van der Waals surface area contributed by atoms with Gasteiger partial charge in [-0.3, -0.25) is 0 Å². The first-order valence-corrected chi connectivity index (χ1v) is 8.66. The minimum Gasteiger partial charge on any atom is -0.485 e. The van der Waals surface area contributed by atoms with Gasteiger partial charge in [-0.05, 0) is 65.0 Å². The Kier molecular flexibility index (Phi) is 6.21. The van der Waals surface area contributed by atoms with Crippen molar-refractivity contribution in [3.63, 3.8) is 0 Å². The molecule has 0 saturated heterocycles. The predicted molar refractivity (Wildman–Crippen MR) is 89.5 cm³/mol. The van der Waals surface area contributed by atoms with Crippen molar-refractivity contribution >= 4 is 27.3 Å². The molecule has 1 aromatic carbocycles. The number of rotatable bonds is 7. The summed E-state index contributed by atoms with van der Waals surface area (Å²) in [6.07, 6.45) is 1.06. The van der Waals surface area contributed by atoms with Crippen LogP contribution in [0, 0.1) is 5.82 Å². The lowest BCUT2D eigenvalue weighted by molar-refractivity contribution is 0.292. The second-order valence-corrected chi connectivity index (χ2v) is 6.70. The third kappa shape index (κ3) is 4.53. The van der Waals surface area contributed by atoms with E-state index in [0.29, 0.717) is 12.4 Å². The molecule has 0 saturated carbocycles. The molecule has 21 heavy (non-hydrogen) atoms. The molecule has 1 unspecified atom stereocenters. The number of hydrogen-bond donors (Lipinski definition) is 1. The summed E-state index contributed by atoms with van der Waals surface area (Å²) < 4.78 is 20.7. The van der Waals surface area contributed by atoms with Gasteiger partial charge in [0.25, 0.3) is 0 Å². The Morgan fingerprint density at radius 1 is 1.38 bits per heavy atom. The summed E-state index contributed by atoms with van der Waals surface area (Å²) in [5, 5.41) is 5.32. The summed E-state index contributed by atoms with van der Waals surface area (Å²) in [6.45, 7) is 5.44. The summed E-state index contributed by atoms with van der Waals surface area (Å²) >= 11 is 5.03. The van der Waals surface area contributed by atoms with Crippen molar-refractivity contribution in [3.8, 4) is 5.75 Å². The molecule has 0 bridgehead atoms. The van der Waals surface area contributed by atoms with E-state index in [1.54, 1.807) is 23.5 Å². The molecule has 0 spiro atoms. The topological polar surface area (TPSA) is 21.3 Å². The molecule has 114 valence electrons. The maximum absolute atomic E-state index is 14.1. The molecular weight excluding hydrogens is 353 g/mol. The second-order valence-electron chi connectivity index (χ2n) is 4.85. The van der Waals surface area contributed by atoms with Gasteiger partial charge in [-0.1, -0.05) is 13.0 Å². The van der Waals surface area contributed by atoms with Gasteiger partial charge >= 0.3 is 0 Å². The van der Waals surface area contributed by atoms with E-state index in [1.807, 2.05) is 24.4 Å². The van der Waals surface area contributed by atoms with Crippen LogP contribution in [0.25, 0.3) is 0 Å². The van der Waals surface area contributed by atoms with Gasteiger partial charge < -0.3 is 10.1 Å². The quantitative estimate of drug-likeness (QED) is 0.713. The van der Waals surface area contributed by atoms with Gasteiger partial charge in [-0.15, -0.1) is 11.3 Å². The van der Waals surface area contributed by atoms with E-state index in [-0.39, 0.29) is 11.9 Å². The number of hydrogen-bond acceptors (Lipinski definition) is 3. The minimum atomic E-state index is -0.315. The largest absolute Gasteiger partial charge is 0.485 e. The Labute approximate surface area is 137 Å². The van der Waals surface area contributed by atoms with Gasteiger partial charge in [-0.25, -0.2) is 4.39 Å². The van der Waals surface area contributed by atoms with Crippen LogP contribution in [0.3, 0.4) is 0 Å². The first-order chi connectivity index (χ1) is 10.1. The molecule has 2 rings (SSSR count). The van der Waals surface area contributed by atoms with Crippen LogP contribution < -0.4 is 10.1 Å². The Morgan fingerprint density at radius 3 is 2.81 bits per heavy atom. The van der Waals surface area contributed by atoms with Crippen molar-refractivity contribution in [3.05, 3.63) is 50.4 Å². The summed E-state index contributed by atoms with van der Waals surface area (Å²) in [5.41, 5.74) is 0.936. The molecule has 1 atom stereocenters. The van der Waals surface area contributed by atoms with Crippen molar-refractivity contribution in [1.82, 2.24) is 5.32 Å². The van der Waals surface area contributed by atoms with Crippen LogP contribution in [0.2, 0.25) is 0 Å². The van der Waals surface area contributed by atoms with Crippen molar-refractivity contribution < 1.29 is 9.13 Å². The molecule has 1 N–H and O–H groups in total. The molecule has 0 fully saturated rings. The van der Waals surface area contributed by atoms with Crippen LogP contribution in [0.4, 0.5) is 4.39 Å². The molecule has 0 aliphatic carbocycles. The Hall–Kier alpha value is -0.910. The highest BCUT2D eigenvalue weighted by Crippen LogP contribution is 2.26. The molecule has 0 amide bonds. The molecule has 1 heterocycles. The SMILES string of the molecule is CCCNC(C)c1ccc(OCc2sccc2Br)c(F)c1. The maximum atomic E-state index is 14.1. The summed E-state index contributed by atoms with van der Waals surface area (Å²) in [5.74, 6) is -0.0212. The van der Waals surface area contributed by atoms with E-state index in [4.69, 9.17) is 4.74 Å². The van der Waals surface area contributed by atoms with Crippen molar-refractivity contribution in [1.29, 1.82) is 0 Å². The Morgan fingerprint density at radius 2 is 2.19 bits per heavy atom. The monoisotopic (exact) mass is 371 g/mol. The average Bonchev–Trinajstić information content (AvgIpc) is 2.88. The van der Waals surface area contributed by atoms with Gasteiger partial charge in [0.2, 0.25) is 0 Å². The lowest BCUT2D eigenvalue weighted by Gasteiger charge is -2.15. The van der Waals surface area contributed by atoms with E-state index in [1.165, 1.54) is 0 Å². The minimum absolute atomic E-state index is 0.139. The van der Waals surface area contributed by atoms with Crippen LogP contribution in [0.1, 0.15) is 36.8 Å². The molecule has 2 nitrogen and oxygen atoms in total. The van der Waals surface area contributed by atoms with Gasteiger partial charge in [0.15, 0.2) is 11.6 Å². The first kappa shape index (κ1) is 16.5. The Balaban J connectivity index is 2.00. The predicted octanol–water partition coefficient (Wildman–Crippen LogP) is 5.29. The molecule has 0 radical (unpaired) electrons. The standard InChI is InChI=1S/C16H19BrFNOS/c1-3-7-19-11(2)12-4-5-15(14(18)9-12)20-10-16-13(17)6-8-21-16/h4-6,8-9,11,19H,3,7,10H2,1-2H3. The normalized spacial score (nSPS) is 12.4. The molecule has 5 heteroatoms. The maximum Gasteiger partial charge on any atom is 0.165 e.